The largest absolute Gasteiger partial charge is 0.385 e. The molecule has 1 amide bonds. The standard InChI is InChI=1S/C16H23FN2O2/c1-3-14-16(20)19(10-6-7-11-21-2)15(18-14)12-8-4-5-9-13(12)17/h4-5,8-9,14-15,18H,3,6-7,10-11H2,1-2H3. The van der Waals surface area contributed by atoms with Crippen molar-refractivity contribution in [1.82, 2.24) is 10.2 Å². The Morgan fingerprint density at radius 2 is 2.10 bits per heavy atom. The van der Waals surface area contributed by atoms with Crippen molar-refractivity contribution in [2.75, 3.05) is 20.3 Å². The normalized spacial score (nSPS) is 22.0. The monoisotopic (exact) mass is 294 g/mol. The van der Waals surface area contributed by atoms with Gasteiger partial charge in [0.15, 0.2) is 0 Å². The molecule has 4 nitrogen and oxygen atoms in total. The van der Waals surface area contributed by atoms with Gasteiger partial charge in [-0.3, -0.25) is 10.1 Å². The van der Waals surface area contributed by atoms with Crippen LogP contribution in [-0.4, -0.2) is 37.1 Å². The number of unbranched alkanes of at least 4 members (excludes halogenated alkanes) is 1. The van der Waals surface area contributed by atoms with Crippen molar-refractivity contribution in [3.8, 4) is 0 Å². The molecule has 1 heterocycles. The highest BCUT2D eigenvalue weighted by molar-refractivity contribution is 5.84. The number of amides is 1. The molecule has 1 N–H and O–H groups in total. The second-order valence-electron chi connectivity index (χ2n) is 5.28. The zero-order valence-electron chi connectivity index (χ0n) is 12.6. The van der Waals surface area contributed by atoms with Crippen LogP contribution in [0.25, 0.3) is 0 Å². The van der Waals surface area contributed by atoms with Gasteiger partial charge in [-0.2, -0.15) is 0 Å². The lowest BCUT2D eigenvalue weighted by atomic mass is 10.1. The Morgan fingerprint density at radius 3 is 2.76 bits per heavy atom. The number of halogens is 1. The van der Waals surface area contributed by atoms with E-state index in [4.69, 9.17) is 4.74 Å². The number of benzene rings is 1. The molecular formula is C16H23FN2O2. The van der Waals surface area contributed by atoms with Crippen LogP contribution in [0.4, 0.5) is 4.39 Å². The second-order valence-corrected chi connectivity index (χ2v) is 5.28. The van der Waals surface area contributed by atoms with E-state index in [1.54, 1.807) is 30.2 Å². The summed E-state index contributed by atoms with van der Waals surface area (Å²) in [5.41, 5.74) is 0.536. The van der Waals surface area contributed by atoms with Gasteiger partial charge in [-0.1, -0.05) is 25.1 Å². The summed E-state index contributed by atoms with van der Waals surface area (Å²) in [5.74, 6) is -0.218. The van der Waals surface area contributed by atoms with Crippen molar-refractivity contribution in [3.05, 3.63) is 35.6 Å². The van der Waals surface area contributed by atoms with E-state index in [9.17, 15) is 9.18 Å². The minimum atomic E-state index is -0.369. The van der Waals surface area contributed by atoms with E-state index in [-0.39, 0.29) is 23.9 Å². The Hall–Kier alpha value is -1.46. The van der Waals surface area contributed by atoms with Crippen LogP contribution >= 0.6 is 0 Å². The lowest BCUT2D eigenvalue weighted by Gasteiger charge is -2.24. The van der Waals surface area contributed by atoms with Gasteiger partial charge in [0.25, 0.3) is 0 Å². The molecule has 0 radical (unpaired) electrons. The van der Waals surface area contributed by atoms with Crippen molar-refractivity contribution in [2.45, 2.75) is 38.4 Å². The van der Waals surface area contributed by atoms with Gasteiger partial charge in [0, 0.05) is 25.8 Å². The maximum atomic E-state index is 14.0. The molecule has 2 unspecified atom stereocenters. The minimum Gasteiger partial charge on any atom is -0.385 e. The summed E-state index contributed by atoms with van der Waals surface area (Å²) in [6.07, 6.45) is 2.08. The van der Waals surface area contributed by atoms with Crippen LogP contribution in [0.1, 0.15) is 37.9 Å². The summed E-state index contributed by atoms with van der Waals surface area (Å²) in [7, 11) is 1.66. The molecule has 1 aliphatic heterocycles. The third-order valence-electron chi connectivity index (χ3n) is 3.86. The molecule has 2 atom stereocenters. The number of nitrogens with zero attached hydrogens (tertiary/aromatic N) is 1. The SMILES string of the molecule is CCC1NC(c2ccccc2F)N(CCCCOC)C1=O. The van der Waals surface area contributed by atoms with E-state index in [1.165, 1.54) is 6.07 Å². The van der Waals surface area contributed by atoms with Gasteiger partial charge in [-0.15, -0.1) is 0 Å². The zero-order chi connectivity index (χ0) is 15.2. The van der Waals surface area contributed by atoms with E-state index >= 15 is 0 Å². The third-order valence-corrected chi connectivity index (χ3v) is 3.86. The molecule has 1 saturated heterocycles. The highest BCUT2D eigenvalue weighted by Crippen LogP contribution is 2.28. The van der Waals surface area contributed by atoms with E-state index in [2.05, 4.69) is 5.32 Å². The Labute approximate surface area is 125 Å². The summed E-state index contributed by atoms with van der Waals surface area (Å²) in [6.45, 7) is 3.25. The van der Waals surface area contributed by atoms with Gasteiger partial charge in [0.05, 0.1) is 6.04 Å². The molecule has 0 aliphatic carbocycles. The first-order valence-corrected chi connectivity index (χ1v) is 7.49. The fourth-order valence-electron chi connectivity index (χ4n) is 2.69. The van der Waals surface area contributed by atoms with Crippen LogP contribution in [0, 0.1) is 5.82 Å². The molecule has 1 aliphatic rings. The number of hydrogen-bond donors (Lipinski definition) is 1. The second kappa shape index (κ2) is 7.52. The van der Waals surface area contributed by atoms with Crippen LogP contribution in [0.5, 0.6) is 0 Å². The maximum Gasteiger partial charge on any atom is 0.241 e. The van der Waals surface area contributed by atoms with Crippen molar-refractivity contribution in [3.63, 3.8) is 0 Å². The predicted molar refractivity (Wildman–Crippen MR) is 79.2 cm³/mol. The quantitative estimate of drug-likeness (QED) is 0.785. The first kappa shape index (κ1) is 15.9. The first-order valence-electron chi connectivity index (χ1n) is 7.49. The van der Waals surface area contributed by atoms with Crippen LogP contribution in [0.15, 0.2) is 24.3 Å². The summed E-state index contributed by atoms with van der Waals surface area (Å²) in [5, 5.41) is 3.24. The van der Waals surface area contributed by atoms with Crippen LogP contribution < -0.4 is 5.32 Å². The number of hydrogen-bond acceptors (Lipinski definition) is 3. The summed E-state index contributed by atoms with van der Waals surface area (Å²) in [4.78, 5) is 14.2. The van der Waals surface area contributed by atoms with Gasteiger partial charge < -0.3 is 9.64 Å². The molecule has 2 rings (SSSR count). The van der Waals surface area contributed by atoms with E-state index in [0.29, 0.717) is 25.1 Å². The van der Waals surface area contributed by atoms with Crippen LogP contribution in [0.2, 0.25) is 0 Å². The van der Waals surface area contributed by atoms with Gasteiger partial charge in [0.2, 0.25) is 5.91 Å². The topological polar surface area (TPSA) is 41.6 Å². The van der Waals surface area contributed by atoms with Crippen molar-refractivity contribution in [2.24, 2.45) is 0 Å². The lowest BCUT2D eigenvalue weighted by Crippen LogP contribution is -2.32. The molecule has 116 valence electrons. The van der Waals surface area contributed by atoms with E-state index in [1.807, 2.05) is 6.92 Å². The minimum absolute atomic E-state index is 0.0585. The van der Waals surface area contributed by atoms with Gasteiger partial charge in [0.1, 0.15) is 12.0 Å². The summed E-state index contributed by atoms with van der Waals surface area (Å²) >= 11 is 0. The fraction of sp³-hybridized carbons (Fsp3) is 0.562. The van der Waals surface area contributed by atoms with E-state index in [0.717, 1.165) is 12.8 Å². The smallest absolute Gasteiger partial charge is 0.241 e. The molecule has 0 bridgehead atoms. The molecule has 1 aromatic rings. The molecule has 1 aromatic carbocycles. The lowest BCUT2D eigenvalue weighted by molar-refractivity contribution is -0.130. The van der Waals surface area contributed by atoms with Crippen molar-refractivity contribution < 1.29 is 13.9 Å². The Bertz CT molecular complexity index is 481. The van der Waals surface area contributed by atoms with E-state index < -0.39 is 0 Å². The fourth-order valence-corrected chi connectivity index (χ4v) is 2.69. The predicted octanol–water partition coefficient (Wildman–Crippen LogP) is 2.46. The third kappa shape index (κ3) is 3.60. The van der Waals surface area contributed by atoms with Crippen molar-refractivity contribution >= 4 is 5.91 Å². The highest BCUT2D eigenvalue weighted by Gasteiger charge is 2.39. The van der Waals surface area contributed by atoms with Crippen molar-refractivity contribution in [1.29, 1.82) is 0 Å². The Balaban J connectivity index is 2.13. The molecule has 5 heteroatoms. The van der Waals surface area contributed by atoms with Gasteiger partial charge >= 0.3 is 0 Å². The Kier molecular flexibility index (Phi) is 5.70. The first-order chi connectivity index (χ1) is 10.2. The van der Waals surface area contributed by atoms with Crippen LogP contribution in [-0.2, 0) is 9.53 Å². The average molecular weight is 294 g/mol. The Morgan fingerprint density at radius 1 is 1.33 bits per heavy atom. The molecule has 1 fully saturated rings. The summed E-state index contributed by atoms with van der Waals surface area (Å²) < 4.78 is 19.0. The summed E-state index contributed by atoms with van der Waals surface area (Å²) in [6, 6.07) is 6.41. The molecule has 0 saturated carbocycles. The highest BCUT2D eigenvalue weighted by atomic mass is 19.1. The number of carbonyl (C=O) groups is 1. The number of nitrogens with one attached hydrogen (secondary N) is 1. The van der Waals surface area contributed by atoms with Crippen LogP contribution in [0.3, 0.4) is 0 Å². The average Bonchev–Trinajstić information content (AvgIpc) is 2.80. The molecule has 0 spiro atoms. The molecule has 0 aromatic heterocycles. The zero-order valence-corrected chi connectivity index (χ0v) is 12.6. The number of carbonyl (C=O) groups excluding carboxylic acids is 1. The molecular weight excluding hydrogens is 271 g/mol. The maximum absolute atomic E-state index is 14.0. The number of rotatable bonds is 7. The molecule has 21 heavy (non-hydrogen) atoms. The number of methoxy groups -OCH3 is 1. The van der Waals surface area contributed by atoms with Gasteiger partial charge in [-0.05, 0) is 25.3 Å². The number of ether oxygens (including phenoxy) is 1. The van der Waals surface area contributed by atoms with Gasteiger partial charge in [-0.25, -0.2) is 4.39 Å².